The van der Waals surface area contributed by atoms with E-state index in [1.165, 1.54) is 36.0 Å². The second kappa shape index (κ2) is 24.6. The van der Waals surface area contributed by atoms with Crippen LogP contribution in [0.5, 0.6) is 28.7 Å². The standard InChI is InChI=1S/C66H83N5O9/c1-41(2)33-65(3,76)37-68-39-69-38-66(78-40-71-47-14-8-5-9-15-47)34-54-51-32-53-59(44-16-21-55-43(29-44)24-26-70-55)46(35-67-25-10-13-42-11-6-4-7-12-42)30-52-56(74)23-20-49(60(52)53)61(51)63-50(19-18-48(36-73)79-63)62(54)80-64(66)45-17-22-57(75)58(31-45)77-28-27-72/h4,6-7,11-12,16-17,20-24,26,29-31,41,47-48,53,59,64,67-76H,5,8-10,13-15,18-19,25,27-28,32-40H2,1-3H3/t48-,53-,59+,64-,65-,66+/m1/s1. The number of phenolic OH excluding ortho intramolecular Hbond substituents is 2. The fourth-order valence-electron chi connectivity index (χ4n) is 14.0. The first-order chi connectivity index (χ1) is 38.9. The molecule has 6 aromatic rings. The summed E-state index contributed by atoms with van der Waals surface area (Å²) in [6.45, 7) is 8.61. The molecule has 0 amide bonds. The van der Waals surface area contributed by atoms with Gasteiger partial charge in [0.05, 0.1) is 25.5 Å². The molecule has 3 aliphatic carbocycles. The van der Waals surface area contributed by atoms with Crippen LogP contribution in [0.15, 0.2) is 96.7 Å². The molecule has 14 nitrogen and oxygen atoms in total. The minimum Gasteiger partial charge on any atom is -0.507 e. The van der Waals surface area contributed by atoms with Gasteiger partial charge in [-0.2, -0.15) is 0 Å². The van der Waals surface area contributed by atoms with Gasteiger partial charge in [0.15, 0.2) is 17.6 Å². The number of phenols is 2. The molecule has 1 aromatic heterocycles. The van der Waals surface area contributed by atoms with Crippen LogP contribution in [0.2, 0.25) is 0 Å². The number of hydrogen-bond acceptors (Lipinski definition) is 13. The molecule has 11 rings (SSSR count). The van der Waals surface area contributed by atoms with E-state index in [1.807, 2.05) is 25.3 Å². The van der Waals surface area contributed by atoms with Gasteiger partial charge in [0.2, 0.25) is 0 Å². The third kappa shape index (κ3) is 11.9. The van der Waals surface area contributed by atoms with Gasteiger partial charge in [-0.25, -0.2) is 0 Å². The minimum atomic E-state index is -1.08. The Balaban J connectivity index is 1.05. The van der Waals surface area contributed by atoms with Crippen molar-refractivity contribution >= 4 is 17.0 Å². The molecule has 5 aromatic carbocycles. The summed E-state index contributed by atoms with van der Waals surface area (Å²) in [4.78, 5) is 3.41. The maximum absolute atomic E-state index is 12.0. The monoisotopic (exact) mass is 1090 g/mol. The van der Waals surface area contributed by atoms with Gasteiger partial charge in [-0.1, -0.05) is 81.6 Å². The molecular weight excluding hydrogens is 1010 g/mol. The second-order valence-corrected chi connectivity index (χ2v) is 24.0. The highest BCUT2D eigenvalue weighted by Crippen LogP contribution is 2.61. The molecule has 2 aliphatic heterocycles. The van der Waals surface area contributed by atoms with Crippen LogP contribution in [0, 0.1) is 5.92 Å². The van der Waals surface area contributed by atoms with E-state index in [2.05, 4.69) is 107 Å². The van der Waals surface area contributed by atoms with E-state index >= 15 is 0 Å². The van der Waals surface area contributed by atoms with Crippen molar-refractivity contribution in [2.24, 2.45) is 5.92 Å². The zero-order chi connectivity index (χ0) is 55.4. The number of benzene rings is 5. The molecule has 80 heavy (non-hydrogen) atoms. The number of ether oxygens (including phenoxy) is 4. The maximum Gasteiger partial charge on any atom is 0.161 e. The second-order valence-electron chi connectivity index (χ2n) is 24.0. The average Bonchev–Trinajstić information content (AvgIpc) is 3.82. The van der Waals surface area contributed by atoms with E-state index < -0.39 is 23.4 Å². The lowest BCUT2D eigenvalue weighted by molar-refractivity contribution is -0.132. The van der Waals surface area contributed by atoms with Crippen molar-refractivity contribution in [2.75, 3.05) is 59.4 Å². The number of aromatic amines is 1. The van der Waals surface area contributed by atoms with Crippen LogP contribution in [0.25, 0.3) is 28.1 Å². The highest BCUT2D eigenvalue weighted by atomic mass is 16.6. The van der Waals surface area contributed by atoms with Crippen molar-refractivity contribution in [1.82, 2.24) is 26.3 Å². The maximum atomic E-state index is 12.0. The van der Waals surface area contributed by atoms with Crippen molar-refractivity contribution in [3.8, 4) is 39.9 Å². The summed E-state index contributed by atoms with van der Waals surface area (Å²) in [6, 6.07) is 29.0. The van der Waals surface area contributed by atoms with E-state index in [1.54, 1.807) is 12.1 Å². The molecule has 6 atom stereocenters. The van der Waals surface area contributed by atoms with E-state index in [-0.39, 0.29) is 55.6 Å². The fourth-order valence-corrected chi connectivity index (χ4v) is 14.0. The van der Waals surface area contributed by atoms with Gasteiger partial charge in [0.1, 0.15) is 35.6 Å². The van der Waals surface area contributed by atoms with Crippen molar-refractivity contribution in [2.45, 2.75) is 139 Å². The largest absolute Gasteiger partial charge is 0.507 e. The number of rotatable bonds is 24. The van der Waals surface area contributed by atoms with Gasteiger partial charge >= 0.3 is 0 Å². The van der Waals surface area contributed by atoms with Crippen molar-refractivity contribution in [3.63, 3.8) is 0 Å². The SMILES string of the molecule is CC(C)C[C@@](C)(O)CNCNC[C@@]1(OCNC2CCCCC2)Cc2c3c(c4c(c2O[C@@H]1c1ccc(O)c(OCCO)c1)CC[C@H](CO)O4)-c1ccc(O)c2c1[C@H](C3)[C@@H](c1ccc3[nH]ccc3c1)C(CNCCCc1ccccc1)=C2. The summed E-state index contributed by atoms with van der Waals surface area (Å²) in [7, 11) is 0. The Kier molecular flexibility index (Phi) is 17.2. The highest BCUT2D eigenvalue weighted by molar-refractivity contribution is 5.90. The third-order valence-electron chi connectivity index (χ3n) is 17.5. The third-order valence-corrected chi connectivity index (χ3v) is 17.5. The Morgan fingerprint density at radius 2 is 1.68 bits per heavy atom. The number of aliphatic hydroxyl groups excluding tert-OH is 2. The van der Waals surface area contributed by atoms with Crippen molar-refractivity contribution in [1.29, 1.82) is 0 Å². The zero-order valence-corrected chi connectivity index (χ0v) is 46.9. The predicted molar refractivity (Wildman–Crippen MR) is 314 cm³/mol. The molecule has 5 aliphatic rings. The van der Waals surface area contributed by atoms with Crippen molar-refractivity contribution in [3.05, 3.63) is 141 Å². The number of nitrogens with one attached hydrogen (secondary N) is 5. The van der Waals surface area contributed by atoms with E-state index in [4.69, 9.17) is 18.9 Å². The molecule has 0 spiro atoms. The van der Waals surface area contributed by atoms with Gasteiger partial charge in [0, 0.05) is 78.7 Å². The lowest BCUT2D eigenvalue weighted by atomic mass is 9.62. The Morgan fingerprint density at radius 3 is 2.49 bits per heavy atom. The summed E-state index contributed by atoms with van der Waals surface area (Å²) >= 11 is 0. The van der Waals surface area contributed by atoms with Crippen LogP contribution in [-0.2, 0) is 30.4 Å². The lowest BCUT2D eigenvalue weighted by Crippen LogP contribution is -2.56. The normalized spacial score (nSPS) is 22.1. The molecule has 10 N–H and O–H groups in total. The average molecular weight is 1090 g/mol. The van der Waals surface area contributed by atoms with Gasteiger partial charge < -0.3 is 65.4 Å². The Hall–Kier alpha value is -5.94. The fraction of sp³-hybridized carbons (Fsp3) is 0.485. The molecule has 3 heterocycles. The van der Waals surface area contributed by atoms with Crippen molar-refractivity contribution < 1.29 is 44.5 Å². The zero-order valence-electron chi connectivity index (χ0n) is 46.9. The summed E-state index contributed by atoms with van der Waals surface area (Å²) in [5.74, 6) is 2.02. The predicted octanol–water partition coefficient (Wildman–Crippen LogP) is 9.59. The summed E-state index contributed by atoms with van der Waals surface area (Å²) in [5.41, 5.74) is 10.5. The van der Waals surface area contributed by atoms with E-state index in [0.29, 0.717) is 76.1 Å². The molecular formula is C66H83N5O9. The summed E-state index contributed by atoms with van der Waals surface area (Å²) in [6.07, 6.45) is 13.6. The Morgan fingerprint density at radius 1 is 0.850 bits per heavy atom. The van der Waals surface area contributed by atoms with Crippen LogP contribution in [0.1, 0.15) is 135 Å². The van der Waals surface area contributed by atoms with Crippen LogP contribution >= 0.6 is 0 Å². The van der Waals surface area contributed by atoms with Gasteiger partial charge in [-0.3, -0.25) is 5.32 Å². The van der Waals surface area contributed by atoms with Crippen LogP contribution in [0.4, 0.5) is 0 Å². The highest BCUT2D eigenvalue weighted by Gasteiger charge is 2.51. The molecule has 0 bridgehead atoms. The molecule has 0 saturated heterocycles. The molecule has 426 valence electrons. The summed E-state index contributed by atoms with van der Waals surface area (Å²) < 4.78 is 28.2. The van der Waals surface area contributed by atoms with Gasteiger partial charge in [-0.15, -0.1) is 0 Å². The summed E-state index contributed by atoms with van der Waals surface area (Å²) in [5, 5.41) is 71.1. The number of fused-ring (bicyclic) bond motifs is 8. The number of aromatic nitrogens is 1. The van der Waals surface area contributed by atoms with Crippen LogP contribution in [-0.4, -0.2) is 113 Å². The smallest absolute Gasteiger partial charge is 0.161 e. The number of aryl methyl sites for hydroxylation is 1. The molecule has 0 radical (unpaired) electrons. The molecule has 0 unspecified atom stereocenters. The Bertz CT molecular complexity index is 3130. The van der Waals surface area contributed by atoms with Gasteiger partial charge in [-0.05, 0) is 163 Å². The number of hydrogen-bond donors (Lipinski definition) is 10. The molecule has 1 fully saturated rings. The number of aliphatic hydroxyl groups is 3. The lowest BCUT2D eigenvalue weighted by Gasteiger charge is -2.48. The molecule has 14 heteroatoms. The quantitative estimate of drug-likeness (QED) is 0.0203. The number of H-pyrrole nitrogens is 1. The first kappa shape index (κ1) is 55.9. The Labute approximate surface area is 471 Å². The topological polar surface area (TPSA) is 202 Å². The van der Waals surface area contributed by atoms with Crippen LogP contribution in [0.3, 0.4) is 0 Å². The van der Waals surface area contributed by atoms with Gasteiger partial charge in [0.25, 0.3) is 0 Å². The van der Waals surface area contributed by atoms with Crippen LogP contribution < -0.4 is 35.5 Å². The van der Waals surface area contributed by atoms with E-state index in [0.717, 1.165) is 93.4 Å². The first-order valence-electron chi connectivity index (χ1n) is 29.5. The minimum absolute atomic E-state index is 0.00145. The molecule has 1 saturated carbocycles. The van der Waals surface area contributed by atoms with E-state index in [9.17, 15) is 25.5 Å². The number of aromatic hydroxyl groups is 2. The first-order valence-corrected chi connectivity index (χ1v) is 29.5.